The van der Waals surface area contributed by atoms with Crippen LogP contribution >= 0.6 is 15.9 Å². The van der Waals surface area contributed by atoms with E-state index in [2.05, 4.69) is 15.9 Å². The van der Waals surface area contributed by atoms with Gasteiger partial charge in [-0.05, 0) is 30.3 Å². The van der Waals surface area contributed by atoms with E-state index in [0.29, 0.717) is 23.5 Å². The van der Waals surface area contributed by atoms with Crippen LogP contribution in [-0.2, 0) is 0 Å². The first kappa shape index (κ1) is 14.4. The van der Waals surface area contributed by atoms with Crippen LogP contribution in [0.4, 0.5) is 4.39 Å². The maximum absolute atomic E-state index is 13.5. The Morgan fingerprint density at radius 3 is 2.81 bits per heavy atom. The van der Waals surface area contributed by atoms with Gasteiger partial charge in [0.2, 0.25) is 0 Å². The largest absolute Gasteiger partial charge is 0.497 e. The summed E-state index contributed by atoms with van der Waals surface area (Å²) in [5.74, 6) is 0.886. The Morgan fingerprint density at radius 2 is 2.05 bits per heavy atom. The summed E-state index contributed by atoms with van der Waals surface area (Å²) in [5.41, 5.74) is 1.40. The summed E-state index contributed by atoms with van der Waals surface area (Å²) in [4.78, 5) is 0. The topological polar surface area (TPSA) is 38.7 Å². The number of hydrogen-bond donors (Lipinski definition) is 1. The minimum Gasteiger partial charge on any atom is -0.497 e. The van der Waals surface area contributed by atoms with Gasteiger partial charge in [0.05, 0.1) is 13.2 Å². The Labute approximate surface area is 130 Å². The Kier molecular flexibility index (Phi) is 3.87. The van der Waals surface area contributed by atoms with Gasteiger partial charge in [-0.1, -0.05) is 15.9 Å². The van der Waals surface area contributed by atoms with Crippen LogP contribution in [0.25, 0.3) is 0 Å². The number of aliphatic hydroxyl groups excluding tert-OH is 1. The third-order valence-electron chi connectivity index (χ3n) is 3.59. The van der Waals surface area contributed by atoms with Gasteiger partial charge in [-0.25, -0.2) is 4.39 Å². The fourth-order valence-electron chi connectivity index (χ4n) is 2.50. The van der Waals surface area contributed by atoms with E-state index >= 15 is 0 Å². The van der Waals surface area contributed by atoms with Gasteiger partial charge in [0.15, 0.2) is 0 Å². The molecule has 1 aliphatic rings. The smallest absolute Gasteiger partial charge is 0.129 e. The lowest BCUT2D eigenvalue weighted by Gasteiger charge is -2.30. The number of benzene rings is 2. The first-order chi connectivity index (χ1) is 10.1. The maximum atomic E-state index is 13.5. The lowest BCUT2D eigenvalue weighted by molar-refractivity contribution is 0.0650. The highest BCUT2D eigenvalue weighted by atomic mass is 79.9. The molecule has 0 aliphatic carbocycles. The molecule has 0 aromatic heterocycles. The third-order valence-corrected chi connectivity index (χ3v) is 4.31. The lowest BCUT2D eigenvalue weighted by Crippen LogP contribution is -2.19. The SMILES string of the molecule is COc1ccc2c(c1)OC(c1cc(F)ccc1Br)CC2O. The molecule has 2 aromatic carbocycles. The Hall–Kier alpha value is -1.59. The molecule has 1 heterocycles. The summed E-state index contributed by atoms with van der Waals surface area (Å²) in [6.45, 7) is 0. The average Bonchev–Trinajstić information content (AvgIpc) is 2.49. The van der Waals surface area contributed by atoms with Crippen molar-refractivity contribution in [3.05, 3.63) is 57.8 Å². The third kappa shape index (κ3) is 2.76. The molecule has 1 aliphatic heterocycles. The molecule has 0 fully saturated rings. The van der Waals surface area contributed by atoms with Crippen molar-refractivity contribution in [3.63, 3.8) is 0 Å². The van der Waals surface area contributed by atoms with Gasteiger partial charge in [0.25, 0.3) is 0 Å². The molecule has 1 N–H and O–H groups in total. The highest BCUT2D eigenvalue weighted by Gasteiger charge is 2.29. The van der Waals surface area contributed by atoms with Crippen molar-refractivity contribution in [3.8, 4) is 11.5 Å². The van der Waals surface area contributed by atoms with E-state index in [1.807, 2.05) is 0 Å². The number of methoxy groups -OCH3 is 1. The summed E-state index contributed by atoms with van der Waals surface area (Å²) < 4.78 is 25.3. The van der Waals surface area contributed by atoms with Crippen LogP contribution < -0.4 is 9.47 Å². The molecule has 0 bridgehead atoms. The van der Waals surface area contributed by atoms with Crippen molar-refractivity contribution in [1.82, 2.24) is 0 Å². The van der Waals surface area contributed by atoms with E-state index in [0.717, 1.165) is 10.0 Å². The number of fused-ring (bicyclic) bond motifs is 1. The fraction of sp³-hybridized carbons (Fsp3) is 0.250. The Morgan fingerprint density at radius 1 is 1.24 bits per heavy atom. The van der Waals surface area contributed by atoms with Gasteiger partial charge in [-0.15, -0.1) is 0 Å². The molecule has 2 atom stereocenters. The predicted molar refractivity (Wildman–Crippen MR) is 80.0 cm³/mol. The van der Waals surface area contributed by atoms with Gasteiger partial charge in [-0.2, -0.15) is 0 Å². The zero-order chi connectivity index (χ0) is 15.0. The molecule has 0 amide bonds. The van der Waals surface area contributed by atoms with E-state index in [1.165, 1.54) is 12.1 Å². The molecule has 3 rings (SSSR count). The zero-order valence-electron chi connectivity index (χ0n) is 11.3. The van der Waals surface area contributed by atoms with Crippen molar-refractivity contribution in [2.45, 2.75) is 18.6 Å². The summed E-state index contributed by atoms with van der Waals surface area (Å²) >= 11 is 3.40. The van der Waals surface area contributed by atoms with Crippen LogP contribution in [0.5, 0.6) is 11.5 Å². The first-order valence-electron chi connectivity index (χ1n) is 6.56. The molecular formula is C16H14BrFO3. The van der Waals surface area contributed by atoms with Crippen LogP contribution in [-0.4, -0.2) is 12.2 Å². The molecule has 0 spiro atoms. The normalized spacial score (nSPS) is 20.6. The van der Waals surface area contributed by atoms with Gasteiger partial charge >= 0.3 is 0 Å². The summed E-state index contributed by atoms with van der Waals surface area (Å²) in [6.07, 6.45) is -0.689. The van der Waals surface area contributed by atoms with Crippen molar-refractivity contribution < 1.29 is 19.0 Å². The zero-order valence-corrected chi connectivity index (χ0v) is 12.9. The highest BCUT2D eigenvalue weighted by Crippen LogP contribution is 2.43. The average molecular weight is 353 g/mol. The number of aliphatic hydroxyl groups is 1. The van der Waals surface area contributed by atoms with Crippen molar-refractivity contribution in [2.75, 3.05) is 7.11 Å². The molecular weight excluding hydrogens is 339 g/mol. The van der Waals surface area contributed by atoms with E-state index < -0.39 is 12.2 Å². The minimum absolute atomic E-state index is 0.331. The van der Waals surface area contributed by atoms with Crippen molar-refractivity contribution in [2.24, 2.45) is 0 Å². The quantitative estimate of drug-likeness (QED) is 0.882. The van der Waals surface area contributed by atoms with Crippen molar-refractivity contribution in [1.29, 1.82) is 0 Å². The molecule has 3 nitrogen and oxygen atoms in total. The van der Waals surface area contributed by atoms with Crippen LogP contribution in [0.15, 0.2) is 40.9 Å². The lowest BCUT2D eigenvalue weighted by atomic mass is 9.95. The maximum Gasteiger partial charge on any atom is 0.129 e. The Bertz CT molecular complexity index is 675. The van der Waals surface area contributed by atoms with Gasteiger partial charge in [0, 0.05) is 28.1 Å². The van der Waals surface area contributed by atoms with E-state index in [9.17, 15) is 9.50 Å². The fourth-order valence-corrected chi connectivity index (χ4v) is 3.00. The van der Waals surface area contributed by atoms with E-state index in [-0.39, 0.29) is 5.82 Å². The summed E-state index contributed by atoms with van der Waals surface area (Å²) in [6, 6.07) is 9.75. The number of rotatable bonds is 2. The van der Waals surface area contributed by atoms with Crippen LogP contribution in [0, 0.1) is 5.82 Å². The van der Waals surface area contributed by atoms with E-state index in [1.54, 1.807) is 31.4 Å². The molecule has 0 radical (unpaired) electrons. The van der Waals surface area contributed by atoms with Gasteiger partial charge in [0.1, 0.15) is 23.4 Å². The molecule has 21 heavy (non-hydrogen) atoms. The number of ether oxygens (including phenoxy) is 2. The second kappa shape index (κ2) is 5.66. The van der Waals surface area contributed by atoms with Crippen LogP contribution in [0.1, 0.15) is 29.8 Å². The minimum atomic E-state index is -0.653. The van der Waals surface area contributed by atoms with Gasteiger partial charge in [-0.3, -0.25) is 0 Å². The molecule has 0 saturated heterocycles. The highest BCUT2D eigenvalue weighted by molar-refractivity contribution is 9.10. The second-order valence-electron chi connectivity index (χ2n) is 4.93. The number of halogens is 2. The van der Waals surface area contributed by atoms with E-state index in [4.69, 9.17) is 9.47 Å². The summed E-state index contributed by atoms with van der Waals surface area (Å²) in [7, 11) is 1.57. The molecule has 5 heteroatoms. The second-order valence-corrected chi connectivity index (χ2v) is 5.78. The van der Waals surface area contributed by atoms with Crippen LogP contribution in [0.2, 0.25) is 0 Å². The van der Waals surface area contributed by atoms with Crippen molar-refractivity contribution >= 4 is 15.9 Å². The predicted octanol–water partition coefficient (Wildman–Crippen LogP) is 4.15. The molecule has 110 valence electrons. The molecule has 2 unspecified atom stereocenters. The molecule has 2 aromatic rings. The standard InChI is InChI=1S/C16H14BrFO3/c1-20-10-3-4-11-14(19)8-16(21-15(11)7-10)12-6-9(18)2-5-13(12)17/h2-7,14,16,19H,8H2,1H3. The summed E-state index contributed by atoms with van der Waals surface area (Å²) in [5, 5.41) is 10.3. The Balaban J connectivity index is 1.98. The van der Waals surface area contributed by atoms with Gasteiger partial charge < -0.3 is 14.6 Å². The first-order valence-corrected chi connectivity index (χ1v) is 7.35. The molecule has 0 saturated carbocycles. The number of hydrogen-bond acceptors (Lipinski definition) is 3. The van der Waals surface area contributed by atoms with Crippen LogP contribution in [0.3, 0.4) is 0 Å². The monoisotopic (exact) mass is 352 g/mol.